The molecule has 76 valence electrons. The van der Waals surface area contributed by atoms with E-state index in [2.05, 4.69) is 0 Å². The first-order valence-corrected chi connectivity index (χ1v) is 4.75. The summed E-state index contributed by atoms with van der Waals surface area (Å²) in [5.41, 5.74) is 10.7. The summed E-state index contributed by atoms with van der Waals surface area (Å²) < 4.78 is 0. The molecule has 0 aliphatic rings. The summed E-state index contributed by atoms with van der Waals surface area (Å²) in [7, 11) is 0. The molecule has 5 heteroatoms. The lowest BCUT2D eigenvalue weighted by Gasteiger charge is -2.07. The second-order valence-corrected chi connectivity index (χ2v) is 3.08. The lowest BCUT2D eigenvalue weighted by molar-refractivity contribution is -0.136. The summed E-state index contributed by atoms with van der Waals surface area (Å²) in [6, 6.07) is -0.710. The minimum absolute atomic E-state index is 0.288. The maximum atomic E-state index is 11.1. The molecule has 0 spiro atoms. The highest BCUT2D eigenvalue weighted by molar-refractivity contribution is 6.48. The Labute approximate surface area is 82.6 Å². The van der Waals surface area contributed by atoms with Gasteiger partial charge in [0.2, 0.25) is 11.6 Å². The highest BCUT2D eigenvalue weighted by Gasteiger charge is 2.19. The Morgan fingerprint density at radius 3 is 2.38 bits per heavy atom. The zero-order valence-corrected chi connectivity index (χ0v) is 8.22. The quantitative estimate of drug-likeness (QED) is 0.344. The number of Topliss-reactive ketones (excluding diaryl/α,β-unsaturated/α-hetero) is 2. The Balaban J connectivity index is 3.76. The predicted octanol–water partition coefficient (Wildman–Crippen LogP) is -0.180. The molecule has 0 aliphatic heterocycles. The molecule has 0 heterocycles. The van der Waals surface area contributed by atoms with Crippen molar-refractivity contribution in [1.82, 2.24) is 0 Å². The van der Waals surface area contributed by atoms with Gasteiger partial charge in [-0.15, -0.1) is 11.6 Å². The van der Waals surface area contributed by atoms with E-state index in [1.54, 1.807) is 0 Å². The van der Waals surface area contributed by atoms with Gasteiger partial charge in [-0.25, -0.2) is 0 Å². The first-order valence-electron chi connectivity index (χ1n) is 4.22. The maximum Gasteiger partial charge on any atom is 0.216 e. The largest absolute Gasteiger partial charge is 0.330 e. The number of rotatable bonds is 7. The summed E-state index contributed by atoms with van der Waals surface area (Å²) in [5.74, 6) is -1.47. The Kier molecular flexibility index (Phi) is 6.76. The second-order valence-electron chi connectivity index (χ2n) is 2.81. The maximum absolute atomic E-state index is 11.1. The number of ketones is 2. The van der Waals surface area contributed by atoms with Crippen molar-refractivity contribution >= 4 is 23.2 Å². The van der Waals surface area contributed by atoms with Gasteiger partial charge in [0.05, 0.1) is 11.9 Å². The van der Waals surface area contributed by atoms with Crippen molar-refractivity contribution in [3.05, 3.63) is 0 Å². The number of alkyl halides is 1. The van der Waals surface area contributed by atoms with Gasteiger partial charge in [0.15, 0.2) is 0 Å². The van der Waals surface area contributed by atoms with E-state index in [1.807, 2.05) is 0 Å². The number of carbonyl (C=O) groups is 2. The van der Waals surface area contributed by atoms with E-state index in [0.717, 1.165) is 12.8 Å². The minimum Gasteiger partial charge on any atom is -0.330 e. The summed E-state index contributed by atoms with van der Waals surface area (Å²) in [4.78, 5) is 21.9. The Bertz CT molecular complexity index is 185. The Morgan fingerprint density at radius 2 is 1.92 bits per heavy atom. The molecule has 0 aromatic rings. The van der Waals surface area contributed by atoms with E-state index < -0.39 is 17.6 Å². The molecular formula is C8H15ClN2O2. The van der Waals surface area contributed by atoms with Crippen molar-refractivity contribution in [2.45, 2.75) is 25.3 Å². The van der Waals surface area contributed by atoms with Crippen LogP contribution >= 0.6 is 11.6 Å². The molecule has 0 rings (SSSR count). The van der Waals surface area contributed by atoms with Crippen LogP contribution in [0.5, 0.6) is 0 Å². The number of hydrogen-bond donors (Lipinski definition) is 2. The third kappa shape index (κ3) is 4.98. The van der Waals surface area contributed by atoms with Crippen LogP contribution in [0.4, 0.5) is 0 Å². The van der Waals surface area contributed by atoms with Gasteiger partial charge in [0.1, 0.15) is 0 Å². The highest BCUT2D eigenvalue weighted by Crippen LogP contribution is 2.00. The van der Waals surface area contributed by atoms with Crippen molar-refractivity contribution in [3.63, 3.8) is 0 Å². The van der Waals surface area contributed by atoms with Crippen LogP contribution in [0.3, 0.4) is 0 Å². The van der Waals surface area contributed by atoms with E-state index in [0.29, 0.717) is 13.0 Å². The van der Waals surface area contributed by atoms with Gasteiger partial charge in [0, 0.05) is 0 Å². The van der Waals surface area contributed by atoms with Gasteiger partial charge in [-0.05, 0) is 19.4 Å². The average Bonchev–Trinajstić information content (AvgIpc) is 2.15. The highest BCUT2D eigenvalue weighted by atomic mass is 35.5. The monoisotopic (exact) mass is 206 g/mol. The fraction of sp³-hybridized carbons (Fsp3) is 0.750. The van der Waals surface area contributed by atoms with Crippen LogP contribution in [0, 0.1) is 0 Å². The molecule has 0 radical (unpaired) electrons. The summed E-state index contributed by atoms with van der Waals surface area (Å²) in [5, 5.41) is 0. The lowest BCUT2D eigenvalue weighted by atomic mass is 10.0. The first-order chi connectivity index (χ1) is 6.13. The molecule has 0 saturated heterocycles. The van der Waals surface area contributed by atoms with E-state index in [1.165, 1.54) is 0 Å². The Morgan fingerprint density at radius 1 is 1.31 bits per heavy atom. The number of halogens is 1. The number of unbranched alkanes of at least 4 members (excludes halogenated alkanes) is 1. The number of nitrogens with two attached hydrogens (primary N) is 2. The fourth-order valence-electron chi connectivity index (χ4n) is 0.912. The molecule has 0 aliphatic carbocycles. The molecule has 4 nitrogen and oxygen atoms in total. The van der Waals surface area contributed by atoms with Crippen molar-refractivity contribution in [1.29, 1.82) is 0 Å². The van der Waals surface area contributed by atoms with E-state index in [9.17, 15) is 9.59 Å². The van der Waals surface area contributed by atoms with Gasteiger partial charge in [-0.1, -0.05) is 6.42 Å². The smallest absolute Gasteiger partial charge is 0.216 e. The zero-order chi connectivity index (χ0) is 10.3. The second kappa shape index (κ2) is 7.00. The standard InChI is InChI=1S/C8H15ClN2O2/c9-5-7(12)8(13)6(11)3-1-2-4-10/h6H,1-5,10-11H2. The SMILES string of the molecule is NCCCCC(N)C(=O)C(=O)CCl. The molecule has 0 saturated carbocycles. The topological polar surface area (TPSA) is 86.2 Å². The van der Waals surface area contributed by atoms with Crippen molar-refractivity contribution in [3.8, 4) is 0 Å². The summed E-state index contributed by atoms with van der Waals surface area (Å²) in [6.07, 6.45) is 2.08. The molecule has 0 aromatic heterocycles. The van der Waals surface area contributed by atoms with Crippen LogP contribution in [0.15, 0.2) is 0 Å². The molecule has 0 bridgehead atoms. The van der Waals surface area contributed by atoms with Gasteiger partial charge >= 0.3 is 0 Å². The normalized spacial score (nSPS) is 12.5. The minimum atomic E-state index is -0.710. The van der Waals surface area contributed by atoms with Gasteiger partial charge < -0.3 is 11.5 Å². The van der Waals surface area contributed by atoms with Crippen molar-refractivity contribution in [2.24, 2.45) is 11.5 Å². The summed E-state index contributed by atoms with van der Waals surface area (Å²) >= 11 is 5.21. The third-order valence-corrected chi connectivity index (χ3v) is 1.94. The molecule has 1 unspecified atom stereocenters. The van der Waals surface area contributed by atoms with Gasteiger partial charge in [-0.3, -0.25) is 9.59 Å². The van der Waals surface area contributed by atoms with Crippen LogP contribution in [-0.2, 0) is 9.59 Å². The molecule has 13 heavy (non-hydrogen) atoms. The summed E-state index contributed by atoms with van der Waals surface area (Å²) in [6.45, 7) is 0.574. The number of carbonyl (C=O) groups excluding carboxylic acids is 2. The molecule has 1 atom stereocenters. The van der Waals surface area contributed by atoms with E-state index >= 15 is 0 Å². The van der Waals surface area contributed by atoms with Crippen molar-refractivity contribution in [2.75, 3.05) is 12.4 Å². The number of hydrogen-bond acceptors (Lipinski definition) is 4. The van der Waals surface area contributed by atoms with E-state index in [-0.39, 0.29) is 5.88 Å². The third-order valence-electron chi connectivity index (χ3n) is 1.70. The fourth-order valence-corrected chi connectivity index (χ4v) is 1.04. The Hall–Kier alpha value is -0.450. The zero-order valence-electron chi connectivity index (χ0n) is 7.46. The molecule has 0 amide bonds. The van der Waals surface area contributed by atoms with Crippen LogP contribution in [0.25, 0.3) is 0 Å². The average molecular weight is 207 g/mol. The molecule has 0 aromatic carbocycles. The van der Waals surface area contributed by atoms with Gasteiger partial charge in [0.25, 0.3) is 0 Å². The van der Waals surface area contributed by atoms with Crippen molar-refractivity contribution < 1.29 is 9.59 Å². The van der Waals surface area contributed by atoms with Gasteiger partial charge in [-0.2, -0.15) is 0 Å². The molecule has 4 N–H and O–H groups in total. The van der Waals surface area contributed by atoms with Crippen LogP contribution in [-0.4, -0.2) is 30.0 Å². The predicted molar refractivity (Wildman–Crippen MR) is 51.6 cm³/mol. The van der Waals surface area contributed by atoms with Crippen LogP contribution in [0.2, 0.25) is 0 Å². The first kappa shape index (κ1) is 12.6. The molecular weight excluding hydrogens is 192 g/mol. The lowest BCUT2D eigenvalue weighted by Crippen LogP contribution is -2.36. The molecule has 0 fully saturated rings. The van der Waals surface area contributed by atoms with Crippen LogP contribution < -0.4 is 11.5 Å². The van der Waals surface area contributed by atoms with E-state index in [4.69, 9.17) is 23.1 Å². The van der Waals surface area contributed by atoms with Crippen LogP contribution in [0.1, 0.15) is 19.3 Å².